The van der Waals surface area contributed by atoms with Crippen LogP contribution in [-0.2, 0) is 9.47 Å². The Morgan fingerprint density at radius 2 is 2.12 bits per heavy atom. The Hall–Kier alpha value is -0.160. The Bertz CT molecular complexity index is 213. The zero-order valence-electron chi connectivity index (χ0n) is 11.2. The summed E-state index contributed by atoms with van der Waals surface area (Å²) in [7, 11) is 3.60. The number of ether oxygens (including phenoxy) is 2. The molecule has 100 valence electrons. The monoisotopic (exact) mass is 242 g/mol. The molecule has 0 bridgehead atoms. The highest BCUT2D eigenvalue weighted by atomic mass is 16.5. The van der Waals surface area contributed by atoms with Gasteiger partial charge in [0.1, 0.15) is 0 Å². The molecule has 1 aliphatic heterocycles. The molecule has 4 nitrogen and oxygen atoms in total. The van der Waals surface area contributed by atoms with Gasteiger partial charge in [0.25, 0.3) is 0 Å². The maximum Gasteiger partial charge on any atom is 0.0601 e. The third-order valence-corrected chi connectivity index (χ3v) is 4.12. The van der Waals surface area contributed by atoms with Gasteiger partial charge >= 0.3 is 0 Å². The number of nitrogens with zero attached hydrogens (tertiary/aromatic N) is 1. The van der Waals surface area contributed by atoms with Crippen LogP contribution >= 0.6 is 0 Å². The second kappa shape index (κ2) is 6.69. The third-order valence-electron chi connectivity index (χ3n) is 4.12. The van der Waals surface area contributed by atoms with Crippen molar-refractivity contribution in [2.24, 2.45) is 0 Å². The molecule has 0 aromatic carbocycles. The Balaban J connectivity index is 1.76. The molecule has 1 atom stereocenters. The van der Waals surface area contributed by atoms with Crippen LogP contribution in [0.15, 0.2) is 0 Å². The van der Waals surface area contributed by atoms with E-state index in [1.165, 1.54) is 38.8 Å². The van der Waals surface area contributed by atoms with Crippen LogP contribution in [0, 0.1) is 0 Å². The van der Waals surface area contributed by atoms with Crippen LogP contribution in [0.25, 0.3) is 0 Å². The smallest absolute Gasteiger partial charge is 0.0601 e. The fraction of sp³-hybridized carbons (Fsp3) is 1.00. The van der Waals surface area contributed by atoms with Gasteiger partial charge in [0.2, 0.25) is 0 Å². The van der Waals surface area contributed by atoms with Crippen molar-refractivity contribution in [1.82, 2.24) is 10.2 Å². The molecular weight excluding hydrogens is 216 g/mol. The molecule has 0 aromatic heterocycles. The summed E-state index contributed by atoms with van der Waals surface area (Å²) in [6, 6.07) is 1.39. The van der Waals surface area contributed by atoms with Crippen LogP contribution in [-0.4, -0.2) is 63.5 Å². The summed E-state index contributed by atoms with van der Waals surface area (Å²) >= 11 is 0. The number of nitrogens with one attached hydrogen (secondary N) is 1. The number of rotatable bonds is 7. The SMILES string of the molecule is COCCN(CC1CCCN1)C1CC(OC)C1. The first-order valence-corrected chi connectivity index (χ1v) is 6.82. The number of methoxy groups -OCH3 is 2. The fourth-order valence-corrected chi connectivity index (χ4v) is 2.86. The molecule has 17 heavy (non-hydrogen) atoms. The predicted octanol–water partition coefficient (Wildman–Crippen LogP) is 0.864. The van der Waals surface area contributed by atoms with Crippen molar-refractivity contribution < 1.29 is 9.47 Å². The van der Waals surface area contributed by atoms with Gasteiger partial charge in [0.05, 0.1) is 12.7 Å². The van der Waals surface area contributed by atoms with E-state index in [0.717, 1.165) is 13.2 Å². The van der Waals surface area contributed by atoms with E-state index in [1.54, 1.807) is 7.11 Å². The molecule has 1 saturated carbocycles. The second-order valence-corrected chi connectivity index (χ2v) is 5.26. The molecular formula is C13H26N2O2. The summed E-state index contributed by atoms with van der Waals surface area (Å²) in [6.45, 7) is 4.25. The molecule has 2 aliphatic rings. The minimum Gasteiger partial charge on any atom is -0.383 e. The van der Waals surface area contributed by atoms with E-state index in [4.69, 9.17) is 9.47 Å². The zero-order valence-corrected chi connectivity index (χ0v) is 11.2. The summed E-state index contributed by atoms with van der Waals surface area (Å²) < 4.78 is 10.6. The lowest BCUT2D eigenvalue weighted by Crippen LogP contribution is -2.52. The average Bonchev–Trinajstić information content (AvgIpc) is 2.77. The summed E-state index contributed by atoms with van der Waals surface area (Å²) in [4.78, 5) is 2.59. The molecule has 0 spiro atoms. The highest BCUT2D eigenvalue weighted by Gasteiger charge is 2.34. The largest absolute Gasteiger partial charge is 0.383 e. The molecule has 1 saturated heterocycles. The molecule has 1 heterocycles. The Labute approximate surface area is 105 Å². The molecule has 0 amide bonds. The van der Waals surface area contributed by atoms with Gasteiger partial charge < -0.3 is 14.8 Å². The van der Waals surface area contributed by atoms with Crippen LogP contribution in [0.1, 0.15) is 25.7 Å². The van der Waals surface area contributed by atoms with E-state index in [9.17, 15) is 0 Å². The Morgan fingerprint density at radius 3 is 2.71 bits per heavy atom. The van der Waals surface area contributed by atoms with Gasteiger partial charge in [-0.2, -0.15) is 0 Å². The van der Waals surface area contributed by atoms with Gasteiger partial charge in [-0.25, -0.2) is 0 Å². The molecule has 1 aliphatic carbocycles. The van der Waals surface area contributed by atoms with Crippen LogP contribution in [0.4, 0.5) is 0 Å². The lowest BCUT2D eigenvalue weighted by Gasteiger charge is -2.43. The van der Waals surface area contributed by atoms with Gasteiger partial charge in [0.15, 0.2) is 0 Å². The molecule has 2 fully saturated rings. The van der Waals surface area contributed by atoms with Crippen molar-refractivity contribution in [2.45, 2.75) is 43.9 Å². The quantitative estimate of drug-likeness (QED) is 0.718. The van der Waals surface area contributed by atoms with Gasteiger partial charge in [-0.1, -0.05) is 0 Å². The van der Waals surface area contributed by atoms with Crippen molar-refractivity contribution in [3.8, 4) is 0 Å². The molecule has 2 rings (SSSR count). The summed E-state index contributed by atoms with van der Waals surface area (Å²) in [6.07, 6.45) is 5.51. The van der Waals surface area contributed by atoms with Crippen LogP contribution in [0.5, 0.6) is 0 Å². The minimum atomic E-state index is 0.488. The first-order chi connectivity index (χ1) is 8.33. The Morgan fingerprint density at radius 1 is 1.29 bits per heavy atom. The highest BCUT2D eigenvalue weighted by Crippen LogP contribution is 2.28. The standard InChI is InChI=1S/C13H26N2O2/c1-16-7-6-15(10-11-4-3-5-14-11)12-8-13(9-12)17-2/h11-14H,3-10H2,1-2H3. The molecule has 4 heteroatoms. The Kier molecular flexibility index (Phi) is 5.22. The van der Waals surface area contributed by atoms with Gasteiger partial charge in [-0.15, -0.1) is 0 Å². The first-order valence-electron chi connectivity index (χ1n) is 6.82. The number of hydrogen-bond acceptors (Lipinski definition) is 4. The van der Waals surface area contributed by atoms with Crippen LogP contribution in [0.3, 0.4) is 0 Å². The molecule has 0 aromatic rings. The van der Waals surface area contributed by atoms with E-state index < -0.39 is 0 Å². The lowest BCUT2D eigenvalue weighted by atomic mass is 9.87. The van der Waals surface area contributed by atoms with Crippen LogP contribution in [0.2, 0.25) is 0 Å². The van der Waals surface area contributed by atoms with Crippen molar-refractivity contribution >= 4 is 0 Å². The summed E-state index contributed by atoms with van der Waals surface area (Å²) in [5.41, 5.74) is 0. The molecule has 1 unspecified atom stereocenters. The molecule has 0 radical (unpaired) electrons. The normalized spacial score (nSPS) is 33.0. The minimum absolute atomic E-state index is 0.488. The van der Waals surface area contributed by atoms with E-state index >= 15 is 0 Å². The van der Waals surface area contributed by atoms with Crippen molar-refractivity contribution in [3.05, 3.63) is 0 Å². The highest BCUT2D eigenvalue weighted by molar-refractivity contribution is 4.90. The lowest BCUT2D eigenvalue weighted by molar-refractivity contribution is -0.0346. The van der Waals surface area contributed by atoms with Crippen molar-refractivity contribution in [3.63, 3.8) is 0 Å². The summed E-state index contributed by atoms with van der Waals surface area (Å²) in [5.74, 6) is 0. The van der Waals surface area contributed by atoms with E-state index in [1.807, 2.05) is 7.11 Å². The number of hydrogen-bond donors (Lipinski definition) is 1. The van der Waals surface area contributed by atoms with E-state index in [2.05, 4.69) is 10.2 Å². The van der Waals surface area contributed by atoms with E-state index in [-0.39, 0.29) is 0 Å². The first kappa shape index (κ1) is 13.3. The third kappa shape index (κ3) is 3.65. The average molecular weight is 242 g/mol. The fourth-order valence-electron chi connectivity index (χ4n) is 2.86. The van der Waals surface area contributed by atoms with Gasteiger partial charge in [-0.05, 0) is 32.2 Å². The predicted molar refractivity (Wildman–Crippen MR) is 68.3 cm³/mol. The zero-order chi connectivity index (χ0) is 12.1. The van der Waals surface area contributed by atoms with Gasteiger partial charge in [0, 0.05) is 39.4 Å². The topological polar surface area (TPSA) is 33.7 Å². The van der Waals surface area contributed by atoms with E-state index in [0.29, 0.717) is 18.2 Å². The van der Waals surface area contributed by atoms with Crippen molar-refractivity contribution in [2.75, 3.05) is 40.5 Å². The maximum absolute atomic E-state index is 5.37. The van der Waals surface area contributed by atoms with Crippen molar-refractivity contribution in [1.29, 1.82) is 0 Å². The molecule has 1 N–H and O–H groups in total. The summed E-state index contributed by atoms with van der Waals surface area (Å²) in [5, 5.41) is 3.58. The maximum atomic E-state index is 5.37. The van der Waals surface area contributed by atoms with Crippen LogP contribution < -0.4 is 5.32 Å². The van der Waals surface area contributed by atoms with Gasteiger partial charge in [-0.3, -0.25) is 4.90 Å². The second-order valence-electron chi connectivity index (χ2n) is 5.26.